The minimum absolute atomic E-state index is 0.431. The van der Waals surface area contributed by atoms with Crippen LogP contribution >= 0.6 is 0 Å². The number of aromatic nitrogens is 5. The van der Waals surface area contributed by atoms with Crippen molar-refractivity contribution in [1.82, 2.24) is 24.7 Å². The van der Waals surface area contributed by atoms with E-state index in [9.17, 15) is 0 Å². The first-order valence-corrected chi connectivity index (χ1v) is 6.83. The summed E-state index contributed by atoms with van der Waals surface area (Å²) < 4.78 is 7.41. The number of nitrogens with one attached hydrogen (secondary N) is 1. The minimum atomic E-state index is 0.431. The number of hydrogen-bond donors (Lipinski definition) is 1. The molecule has 1 saturated heterocycles. The zero-order chi connectivity index (χ0) is 13.4. The summed E-state index contributed by atoms with van der Waals surface area (Å²) in [7, 11) is 0. The van der Waals surface area contributed by atoms with Crippen molar-refractivity contribution in [3.8, 4) is 11.4 Å². The first kappa shape index (κ1) is 11.6. The zero-order valence-corrected chi connectivity index (χ0v) is 11.0. The summed E-state index contributed by atoms with van der Waals surface area (Å²) >= 11 is 0. The van der Waals surface area contributed by atoms with E-state index in [2.05, 4.69) is 20.1 Å². The van der Waals surface area contributed by atoms with E-state index in [1.165, 1.54) is 0 Å². The molecule has 102 valence electrons. The molecule has 0 saturated carbocycles. The molecule has 3 aromatic rings. The molecular formula is C14H15N5O. The highest BCUT2D eigenvalue weighted by Gasteiger charge is 2.17. The van der Waals surface area contributed by atoms with Crippen LogP contribution in [0.3, 0.4) is 0 Å². The molecule has 0 unspecified atom stereocenters. The maximum Gasteiger partial charge on any atom is 0.178 e. The molecule has 1 N–H and O–H groups in total. The van der Waals surface area contributed by atoms with Crippen LogP contribution in [0.25, 0.3) is 22.6 Å². The third kappa shape index (κ3) is 1.98. The molecule has 1 aliphatic rings. The lowest BCUT2D eigenvalue weighted by molar-refractivity contribution is 0.0662. The van der Waals surface area contributed by atoms with Crippen LogP contribution in [0.1, 0.15) is 18.9 Å². The van der Waals surface area contributed by atoms with Crippen molar-refractivity contribution in [3.05, 3.63) is 30.7 Å². The van der Waals surface area contributed by atoms with Crippen LogP contribution < -0.4 is 0 Å². The maximum atomic E-state index is 5.38. The molecule has 6 nitrogen and oxygen atoms in total. The van der Waals surface area contributed by atoms with E-state index >= 15 is 0 Å². The van der Waals surface area contributed by atoms with Crippen LogP contribution in [0, 0.1) is 0 Å². The number of H-pyrrole nitrogens is 1. The third-order valence-electron chi connectivity index (χ3n) is 3.70. The van der Waals surface area contributed by atoms with Crippen molar-refractivity contribution in [2.75, 3.05) is 13.2 Å². The van der Waals surface area contributed by atoms with Crippen LogP contribution in [-0.4, -0.2) is 37.9 Å². The molecule has 0 amide bonds. The molecule has 6 heteroatoms. The number of nitrogens with zero attached hydrogens (tertiary/aromatic N) is 4. The largest absolute Gasteiger partial charge is 0.381 e. The molecule has 0 aromatic carbocycles. The number of pyridine rings is 1. The fourth-order valence-electron chi connectivity index (χ4n) is 2.59. The summed E-state index contributed by atoms with van der Waals surface area (Å²) in [5.74, 6) is 0.817. The van der Waals surface area contributed by atoms with Crippen LogP contribution in [-0.2, 0) is 4.74 Å². The monoisotopic (exact) mass is 269 g/mol. The van der Waals surface area contributed by atoms with E-state index < -0.39 is 0 Å². The van der Waals surface area contributed by atoms with Crippen LogP contribution in [0.5, 0.6) is 0 Å². The predicted molar refractivity (Wildman–Crippen MR) is 74.2 cm³/mol. The van der Waals surface area contributed by atoms with Crippen molar-refractivity contribution < 1.29 is 4.74 Å². The SMILES string of the molecule is c1cnc2nc(-c3cnn(C4CCOCC4)c3)[nH]c2c1. The smallest absolute Gasteiger partial charge is 0.178 e. The third-order valence-corrected chi connectivity index (χ3v) is 3.70. The Morgan fingerprint density at radius 3 is 3.05 bits per heavy atom. The molecule has 0 atom stereocenters. The Morgan fingerprint density at radius 1 is 1.30 bits per heavy atom. The highest BCUT2D eigenvalue weighted by molar-refractivity contribution is 5.75. The van der Waals surface area contributed by atoms with Gasteiger partial charge >= 0.3 is 0 Å². The molecule has 0 spiro atoms. The van der Waals surface area contributed by atoms with Crippen molar-refractivity contribution in [2.45, 2.75) is 18.9 Å². The molecule has 0 bridgehead atoms. The second-order valence-corrected chi connectivity index (χ2v) is 5.01. The van der Waals surface area contributed by atoms with E-state index in [0.717, 1.165) is 48.6 Å². The van der Waals surface area contributed by atoms with Gasteiger partial charge < -0.3 is 9.72 Å². The average molecular weight is 269 g/mol. The van der Waals surface area contributed by atoms with Crippen LogP contribution in [0.15, 0.2) is 30.7 Å². The Kier molecular flexibility index (Phi) is 2.74. The Morgan fingerprint density at radius 2 is 2.20 bits per heavy atom. The standard InChI is InChI=1S/C14H15N5O/c1-2-12-14(15-5-1)18-13(17-12)10-8-16-19(9-10)11-3-6-20-7-4-11/h1-2,5,8-9,11H,3-4,6-7H2,(H,15,17,18). The Balaban J connectivity index is 1.66. The summed E-state index contributed by atoms with van der Waals surface area (Å²) in [4.78, 5) is 12.0. The summed E-state index contributed by atoms with van der Waals surface area (Å²) in [6.45, 7) is 1.63. The first-order valence-electron chi connectivity index (χ1n) is 6.83. The summed E-state index contributed by atoms with van der Waals surface area (Å²) in [6, 6.07) is 4.30. The van der Waals surface area contributed by atoms with Gasteiger partial charge in [-0.3, -0.25) is 4.68 Å². The van der Waals surface area contributed by atoms with Gasteiger partial charge in [-0.2, -0.15) is 5.10 Å². The summed E-state index contributed by atoms with van der Waals surface area (Å²) in [5.41, 5.74) is 2.68. The maximum absolute atomic E-state index is 5.38. The molecule has 1 aliphatic heterocycles. The normalized spacial score (nSPS) is 16.8. The number of aromatic amines is 1. The Labute approximate surface area is 115 Å². The number of fused-ring (bicyclic) bond motifs is 1. The van der Waals surface area contributed by atoms with Crippen molar-refractivity contribution in [3.63, 3.8) is 0 Å². The fourth-order valence-corrected chi connectivity index (χ4v) is 2.59. The molecule has 1 fully saturated rings. The number of rotatable bonds is 2. The molecule has 3 aromatic heterocycles. The molecule has 20 heavy (non-hydrogen) atoms. The van der Waals surface area contributed by atoms with E-state index in [4.69, 9.17) is 4.74 Å². The number of hydrogen-bond acceptors (Lipinski definition) is 4. The highest BCUT2D eigenvalue weighted by Crippen LogP contribution is 2.24. The molecule has 4 rings (SSSR count). The lowest BCUT2D eigenvalue weighted by Crippen LogP contribution is -2.19. The molecule has 0 aliphatic carbocycles. The van der Waals surface area contributed by atoms with Gasteiger partial charge in [-0.15, -0.1) is 0 Å². The van der Waals surface area contributed by atoms with Gasteiger partial charge in [-0.05, 0) is 25.0 Å². The molecule has 0 radical (unpaired) electrons. The van der Waals surface area contributed by atoms with Crippen molar-refractivity contribution in [1.29, 1.82) is 0 Å². The van der Waals surface area contributed by atoms with E-state index in [-0.39, 0.29) is 0 Å². The molecular weight excluding hydrogens is 254 g/mol. The summed E-state index contributed by atoms with van der Waals surface area (Å²) in [5, 5.41) is 4.47. The van der Waals surface area contributed by atoms with E-state index in [1.807, 2.05) is 29.2 Å². The van der Waals surface area contributed by atoms with Crippen molar-refractivity contribution in [2.24, 2.45) is 0 Å². The van der Waals surface area contributed by atoms with Gasteiger partial charge in [0.1, 0.15) is 5.82 Å². The van der Waals surface area contributed by atoms with Gasteiger partial charge in [0.2, 0.25) is 0 Å². The zero-order valence-electron chi connectivity index (χ0n) is 11.0. The Hall–Kier alpha value is -2.21. The van der Waals surface area contributed by atoms with Crippen LogP contribution in [0.2, 0.25) is 0 Å². The number of imidazole rings is 1. The first-order chi connectivity index (χ1) is 9.90. The highest BCUT2D eigenvalue weighted by atomic mass is 16.5. The number of ether oxygens (including phenoxy) is 1. The predicted octanol–water partition coefficient (Wildman–Crippen LogP) is 2.17. The van der Waals surface area contributed by atoms with Gasteiger partial charge in [0, 0.05) is 25.6 Å². The van der Waals surface area contributed by atoms with Crippen molar-refractivity contribution >= 4 is 11.2 Å². The van der Waals surface area contributed by atoms with Crippen LogP contribution in [0.4, 0.5) is 0 Å². The topological polar surface area (TPSA) is 68.6 Å². The van der Waals surface area contributed by atoms with Gasteiger partial charge in [-0.25, -0.2) is 9.97 Å². The van der Waals surface area contributed by atoms with Gasteiger partial charge in [-0.1, -0.05) is 0 Å². The average Bonchev–Trinajstić information content (AvgIpc) is 3.14. The molecule has 4 heterocycles. The van der Waals surface area contributed by atoms with E-state index in [0.29, 0.717) is 6.04 Å². The summed E-state index contributed by atoms with van der Waals surface area (Å²) in [6.07, 6.45) is 7.69. The quantitative estimate of drug-likeness (QED) is 0.774. The van der Waals surface area contributed by atoms with Gasteiger partial charge in [0.15, 0.2) is 5.65 Å². The van der Waals surface area contributed by atoms with Gasteiger partial charge in [0.25, 0.3) is 0 Å². The Bertz CT molecular complexity index is 693. The van der Waals surface area contributed by atoms with Gasteiger partial charge in [0.05, 0.1) is 23.3 Å². The second kappa shape index (κ2) is 4.72. The lowest BCUT2D eigenvalue weighted by Gasteiger charge is -2.22. The minimum Gasteiger partial charge on any atom is -0.381 e. The lowest BCUT2D eigenvalue weighted by atomic mass is 10.1. The fraction of sp³-hybridized carbons (Fsp3) is 0.357. The second-order valence-electron chi connectivity index (χ2n) is 5.01. The van der Waals surface area contributed by atoms with E-state index in [1.54, 1.807) is 6.20 Å².